The lowest BCUT2D eigenvalue weighted by Gasteiger charge is -2.34. The molecular formula is C19H21ClN2O5S. The van der Waals surface area contributed by atoms with Crippen LogP contribution in [-0.4, -0.2) is 66.7 Å². The minimum atomic E-state index is -0.766. The Morgan fingerprint density at radius 3 is 2.57 bits per heavy atom. The van der Waals surface area contributed by atoms with E-state index >= 15 is 0 Å². The van der Waals surface area contributed by atoms with Crippen LogP contribution in [0.15, 0.2) is 30.3 Å². The minimum Gasteiger partial charge on any atom is -0.507 e. The molecule has 0 radical (unpaired) electrons. The molecule has 0 saturated carbocycles. The number of benzene rings is 1. The summed E-state index contributed by atoms with van der Waals surface area (Å²) in [6.45, 7) is 3.07. The number of carbonyl (C=O) groups is 2. The van der Waals surface area contributed by atoms with Gasteiger partial charge in [-0.15, -0.1) is 11.3 Å². The summed E-state index contributed by atoms with van der Waals surface area (Å²) >= 11 is 7.51. The number of hydrogen-bond acceptors (Lipinski definition) is 7. The summed E-state index contributed by atoms with van der Waals surface area (Å²) in [5, 5.41) is 9.80. The molecule has 1 aliphatic rings. The Morgan fingerprint density at radius 2 is 1.93 bits per heavy atom. The van der Waals surface area contributed by atoms with Crippen LogP contribution in [0.3, 0.4) is 0 Å². The first-order chi connectivity index (χ1) is 13.5. The van der Waals surface area contributed by atoms with Crippen molar-refractivity contribution in [1.82, 2.24) is 9.80 Å². The van der Waals surface area contributed by atoms with Gasteiger partial charge < -0.3 is 19.5 Å². The predicted molar refractivity (Wildman–Crippen MR) is 106 cm³/mol. The van der Waals surface area contributed by atoms with Crippen molar-refractivity contribution in [3.8, 4) is 11.5 Å². The average Bonchev–Trinajstić information content (AvgIpc) is 3.11. The van der Waals surface area contributed by atoms with E-state index in [1.807, 2.05) is 12.1 Å². The van der Waals surface area contributed by atoms with Crippen molar-refractivity contribution < 1.29 is 24.2 Å². The number of halogens is 1. The van der Waals surface area contributed by atoms with Crippen molar-refractivity contribution >= 4 is 34.8 Å². The Kier molecular flexibility index (Phi) is 6.77. The van der Waals surface area contributed by atoms with E-state index in [0.717, 1.165) is 24.0 Å². The normalized spacial score (nSPS) is 14.7. The number of piperazine rings is 1. The molecule has 1 aromatic heterocycles. The van der Waals surface area contributed by atoms with Gasteiger partial charge in [-0.2, -0.15) is 0 Å². The van der Waals surface area contributed by atoms with Gasteiger partial charge >= 0.3 is 5.97 Å². The smallest absolute Gasteiger partial charge is 0.342 e. The first-order valence-electron chi connectivity index (χ1n) is 8.74. The summed E-state index contributed by atoms with van der Waals surface area (Å²) in [6, 6.07) is 8.14. The molecular weight excluding hydrogens is 404 g/mol. The summed E-state index contributed by atoms with van der Waals surface area (Å²) in [5.74, 6) is -0.827. The topological polar surface area (TPSA) is 79.3 Å². The number of phenols is 1. The SMILES string of the molecule is COc1ccc(O)c(C(=O)OCC(=O)N2CCN(Cc3ccc(Cl)s3)CC2)c1. The number of hydrogen-bond donors (Lipinski definition) is 1. The lowest BCUT2D eigenvalue weighted by Crippen LogP contribution is -2.49. The van der Waals surface area contributed by atoms with Gasteiger partial charge in [0.2, 0.25) is 0 Å². The van der Waals surface area contributed by atoms with E-state index in [0.29, 0.717) is 18.8 Å². The lowest BCUT2D eigenvalue weighted by molar-refractivity contribution is -0.136. The Morgan fingerprint density at radius 1 is 1.18 bits per heavy atom. The highest BCUT2D eigenvalue weighted by Gasteiger charge is 2.23. The highest BCUT2D eigenvalue weighted by molar-refractivity contribution is 7.16. The Labute approximate surface area is 172 Å². The van der Waals surface area contributed by atoms with Crippen LogP contribution in [0.5, 0.6) is 11.5 Å². The number of nitrogens with zero attached hydrogens (tertiary/aromatic N) is 2. The van der Waals surface area contributed by atoms with Gasteiger partial charge in [0.05, 0.1) is 11.4 Å². The van der Waals surface area contributed by atoms with Crippen molar-refractivity contribution in [1.29, 1.82) is 0 Å². The third kappa shape index (κ3) is 5.15. The summed E-state index contributed by atoms with van der Waals surface area (Å²) in [5.41, 5.74) is -0.0356. The van der Waals surface area contributed by atoms with E-state index in [-0.39, 0.29) is 23.8 Å². The number of ether oxygens (including phenoxy) is 2. The van der Waals surface area contributed by atoms with E-state index in [4.69, 9.17) is 21.1 Å². The van der Waals surface area contributed by atoms with Crippen molar-refractivity contribution in [2.75, 3.05) is 39.9 Å². The first-order valence-corrected chi connectivity index (χ1v) is 9.94. The number of esters is 1. The molecule has 7 nitrogen and oxygen atoms in total. The standard InChI is InChI=1S/C19H21ClN2O5S/c1-26-13-2-4-16(23)15(10-13)19(25)27-12-18(24)22-8-6-21(7-9-22)11-14-3-5-17(20)28-14/h2-5,10,23H,6-9,11-12H2,1H3. The minimum absolute atomic E-state index is 0.0356. The lowest BCUT2D eigenvalue weighted by atomic mass is 10.2. The van der Waals surface area contributed by atoms with E-state index < -0.39 is 5.97 Å². The van der Waals surface area contributed by atoms with Crippen LogP contribution in [0.4, 0.5) is 0 Å². The fourth-order valence-corrected chi connectivity index (χ4v) is 4.04. The van der Waals surface area contributed by atoms with Crippen LogP contribution in [0.2, 0.25) is 4.34 Å². The zero-order valence-corrected chi connectivity index (χ0v) is 17.0. The molecule has 1 fully saturated rings. The Bertz CT molecular complexity index is 849. The maximum atomic E-state index is 12.3. The summed E-state index contributed by atoms with van der Waals surface area (Å²) in [4.78, 5) is 29.6. The monoisotopic (exact) mass is 424 g/mol. The molecule has 150 valence electrons. The molecule has 28 heavy (non-hydrogen) atoms. The number of carbonyl (C=O) groups excluding carboxylic acids is 2. The largest absolute Gasteiger partial charge is 0.507 e. The Hall–Kier alpha value is -2.29. The number of methoxy groups -OCH3 is 1. The molecule has 2 aromatic rings. The highest BCUT2D eigenvalue weighted by atomic mass is 35.5. The first kappa shape index (κ1) is 20.4. The molecule has 1 N–H and O–H groups in total. The maximum absolute atomic E-state index is 12.3. The van der Waals surface area contributed by atoms with Crippen molar-refractivity contribution in [2.24, 2.45) is 0 Å². The van der Waals surface area contributed by atoms with Gasteiger partial charge in [-0.3, -0.25) is 9.69 Å². The van der Waals surface area contributed by atoms with E-state index in [2.05, 4.69) is 4.90 Å². The fourth-order valence-electron chi connectivity index (χ4n) is 2.91. The molecule has 1 saturated heterocycles. The molecule has 1 aliphatic heterocycles. The fraction of sp³-hybridized carbons (Fsp3) is 0.368. The molecule has 0 aliphatic carbocycles. The third-order valence-corrected chi connectivity index (χ3v) is 5.70. The molecule has 1 amide bonds. The van der Waals surface area contributed by atoms with E-state index in [1.54, 1.807) is 16.2 Å². The zero-order valence-electron chi connectivity index (χ0n) is 15.4. The molecule has 0 atom stereocenters. The number of aromatic hydroxyl groups is 1. The van der Waals surface area contributed by atoms with Crippen molar-refractivity contribution in [3.63, 3.8) is 0 Å². The summed E-state index contributed by atoms with van der Waals surface area (Å²) in [6.07, 6.45) is 0. The number of amides is 1. The number of rotatable bonds is 6. The molecule has 3 rings (SSSR count). The second-order valence-electron chi connectivity index (χ2n) is 6.32. The van der Waals surface area contributed by atoms with Gasteiger partial charge in [0.15, 0.2) is 6.61 Å². The molecule has 0 unspecified atom stereocenters. The van der Waals surface area contributed by atoms with Crippen LogP contribution >= 0.6 is 22.9 Å². The maximum Gasteiger partial charge on any atom is 0.342 e. The molecule has 0 spiro atoms. The zero-order chi connectivity index (χ0) is 20.1. The number of thiophene rings is 1. The van der Waals surface area contributed by atoms with Gasteiger partial charge in [0.1, 0.15) is 17.1 Å². The summed E-state index contributed by atoms with van der Waals surface area (Å²) in [7, 11) is 1.46. The Balaban J connectivity index is 1.46. The van der Waals surface area contributed by atoms with Crippen LogP contribution in [0.1, 0.15) is 15.2 Å². The molecule has 1 aromatic carbocycles. The quantitative estimate of drug-likeness (QED) is 0.718. The van der Waals surface area contributed by atoms with Crippen LogP contribution in [0.25, 0.3) is 0 Å². The average molecular weight is 425 g/mol. The van der Waals surface area contributed by atoms with Gasteiger partial charge in [0, 0.05) is 37.6 Å². The third-order valence-electron chi connectivity index (χ3n) is 4.48. The van der Waals surface area contributed by atoms with Gasteiger partial charge in [0.25, 0.3) is 5.91 Å². The molecule has 0 bridgehead atoms. The van der Waals surface area contributed by atoms with Crippen LogP contribution in [-0.2, 0) is 16.1 Å². The second-order valence-corrected chi connectivity index (χ2v) is 8.12. The van der Waals surface area contributed by atoms with Gasteiger partial charge in [-0.1, -0.05) is 11.6 Å². The highest BCUT2D eigenvalue weighted by Crippen LogP contribution is 2.24. The van der Waals surface area contributed by atoms with Crippen molar-refractivity contribution in [2.45, 2.75) is 6.54 Å². The van der Waals surface area contributed by atoms with Crippen LogP contribution < -0.4 is 4.74 Å². The van der Waals surface area contributed by atoms with E-state index in [1.165, 1.54) is 30.2 Å². The number of phenolic OH excluding ortho intramolecular Hbond substituents is 1. The van der Waals surface area contributed by atoms with Gasteiger partial charge in [-0.25, -0.2) is 4.79 Å². The van der Waals surface area contributed by atoms with Crippen LogP contribution in [0, 0.1) is 0 Å². The summed E-state index contributed by atoms with van der Waals surface area (Å²) < 4.78 is 10.9. The molecule has 2 heterocycles. The second kappa shape index (κ2) is 9.27. The molecule has 9 heteroatoms. The van der Waals surface area contributed by atoms with E-state index in [9.17, 15) is 14.7 Å². The predicted octanol–water partition coefficient (Wildman–Crippen LogP) is 2.62. The van der Waals surface area contributed by atoms with Crippen molar-refractivity contribution in [3.05, 3.63) is 45.1 Å². The van der Waals surface area contributed by atoms with Gasteiger partial charge in [-0.05, 0) is 30.3 Å².